The highest BCUT2D eigenvalue weighted by molar-refractivity contribution is 7.91. The predicted molar refractivity (Wildman–Crippen MR) is 69.7 cm³/mol. The number of hydrogen-bond acceptors (Lipinski definition) is 4. The molecule has 1 saturated carbocycles. The highest BCUT2D eigenvalue weighted by Crippen LogP contribution is 2.63. The molecule has 7 heteroatoms. The lowest BCUT2D eigenvalue weighted by Crippen LogP contribution is -2.28. The number of hydrogen-bond donors (Lipinski definition) is 1. The van der Waals surface area contributed by atoms with E-state index in [1.54, 1.807) is 0 Å². The minimum absolute atomic E-state index is 0.206. The molecule has 1 N–H and O–H groups in total. The molecular formula is C13H15FO5S. The molecule has 1 aliphatic carbocycles. The van der Waals surface area contributed by atoms with Crippen molar-refractivity contribution in [1.82, 2.24) is 0 Å². The van der Waals surface area contributed by atoms with Gasteiger partial charge in [-0.05, 0) is 17.7 Å². The van der Waals surface area contributed by atoms with Crippen LogP contribution in [0.3, 0.4) is 0 Å². The Morgan fingerprint density at radius 1 is 1.40 bits per heavy atom. The molecule has 3 atom stereocenters. The van der Waals surface area contributed by atoms with Crippen LogP contribution in [0.4, 0.5) is 4.39 Å². The Hall–Kier alpha value is -1.47. The van der Waals surface area contributed by atoms with Crippen molar-refractivity contribution in [3.63, 3.8) is 0 Å². The van der Waals surface area contributed by atoms with Crippen molar-refractivity contribution in [3.05, 3.63) is 35.6 Å². The topological polar surface area (TPSA) is 80.7 Å². The summed E-state index contributed by atoms with van der Waals surface area (Å²) in [4.78, 5) is 11.6. The van der Waals surface area contributed by atoms with E-state index in [-0.39, 0.29) is 6.61 Å². The van der Waals surface area contributed by atoms with E-state index < -0.39 is 38.2 Å². The van der Waals surface area contributed by atoms with E-state index >= 15 is 0 Å². The van der Waals surface area contributed by atoms with Crippen LogP contribution in [-0.2, 0) is 19.4 Å². The number of ether oxygens (including phenoxy) is 1. The van der Waals surface area contributed by atoms with Crippen LogP contribution in [0.2, 0.25) is 0 Å². The Balaban J connectivity index is 2.49. The minimum atomic E-state index is -3.57. The molecule has 1 fully saturated rings. The van der Waals surface area contributed by atoms with Crippen LogP contribution in [-0.4, -0.2) is 44.7 Å². The van der Waals surface area contributed by atoms with E-state index in [9.17, 15) is 22.7 Å². The Morgan fingerprint density at radius 3 is 2.35 bits per heavy atom. The highest BCUT2D eigenvalue weighted by Gasteiger charge is 2.74. The molecule has 2 rings (SSSR count). The fourth-order valence-electron chi connectivity index (χ4n) is 2.90. The van der Waals surface area contributed by atoms with Gasteiger partial charge in [0.1, 0.15) is 11.2 Å². The summed E-state index contributed by atoms with van der Waals surface area (Å²) >= 11 is 0. The Bertz CT molecular complexity index is 625. The van der Waals surface area contributed by atoms with Gasteiger partial charge in [-0.15, -0.1) is 0 Å². The van der Waals surface area contributed by atoms with E-state index in [1.807, 2.05) is 0 Å². The highest BCUT2D eigenvalue weighted by atomic mass is 32.2. The van der Waals surface area contributed by atoms with E-state index in [1.165, 1.54) is 31.4 Å². The Morgan fingerprint density at radius 2 is 1.95 bits per heavy atom. The molecule has 1 aliphatic rings. The summed E-state index contributed by atoms with van der Waals surface area (Å²) in [6, 6.07) is 5.20. The predicted octanol–water partition coefficient (Wildman–Crippen LogP) is 1.05. The van der Waals surface area contributed by atoms with Gasteiger partial charge in [0.15, 0.2) is 9.84 Å². The molecule has 0 radical (unpaired) electrons. The van der Waals surface area contributed by atoms with Gasteiger partial charge in [0.25, 0.3) is 0 Å². The molecule has 0 aliphatic heterocycles. The van der Waals surface area contributed by atoms with Gasteiger partial charge < -0.3 is 9.84 Å². The van der Waals surface area contributed by atoms with Crippen molar-refractivity contribution in [2.75, 3.05) is 20.0 Å². The lowest BCUT2D eigenvalue weighted by Gasteiger charge is -2.11. The van der Waals surface area contributed by atoms with Gasteiger partial charge in [-0.25, -0.2) is 12.8 Å². The van der Waals surface area contributed by atoms with Gasteiger partial charge in [0, 0.05) is 19.3 Å². The summed E-state index contributed by atoms with van der Waals surface area (Å²) in [6.45, 7) is -0.206. The normalized spacial score (nSPS) is 29.1. The van der Waals surface area contributed by atoms with Gasteiger partial charge in [-0.2, -0.15) is 0 Å². The molecule has 1 aromatic rings. The molecule has 5 nitrogen and oxygen atoms in total. The van der Waals surface area contributed by atoms with Crippen LogP contribution < -0.4 is 0 Å². The minimum Gasteiger partial charge on any atom is -0.481 e. The number of aliphatic carboxylic acids is 1. The molecule has 0 unspecified atom stereocenters. The quantitative estimate of drug-likeness (QED) is 0.879. The molecular weight excluding hydrogens is 287 g/mol. The first kappa shape index (κ1) is 14.9. The third-order valence-corrected chi connectivity index (χ3v) is 5.34. The monoisotopic (exact) mass is 302 g/mol. The third-order valence-electron chi connectivity index (χ3n) is 3.73. The summed E-state index contributed by atoms with van der Waals surface area (Å²) in [5.74, 6) is -2.40. The van der Waals surface area contributed by atoms with Crippen LogP contribution in [0.5, 0.6) is 0 Å². The Kier molecular flexibility index (Phi) is 3.60. The van der Waals surface area contributed by atoms with Crippen LogP contribution in [0.15, 0.2) is 24.3 Å². The van der Waals surface area contributed by atoms with Crippen molar-refractivity contribution < 1.29 is 27.4 Å². The molecule has 0 spiro atoms. The largest absolute Gasteiger partial charge is 0.481 e. The zero-order valence-corrected chi connectivity index (χ0v) is 11.9. The number of carbonyl (C=O) groups is 1. The lowest BCUT2D eigenvalue weighted by molar-refractivity contribution is -0.145. The van der Waals surface area contributed by atoms with Gasteiger partial charge in [-0.1, -0.05) is 12.1 Å². The van der Waals surface area contributed by atoms with Crippen LogP contribution in [0.25, 0.3) is 0 Å². The molecule has 0 aromatic heterocycles. The van der Waals surface area contributed by atoms with Gasteiger partial charge in [-0.3, -0.25) is 4.79 Å². The van der Waals surface area contributed by atoms with Crippen LogP contribution in [0, 0.1) is 11.2 Å². The average Bonchev–Trinajstić information content (AvgIpc) is 3.01. The summed E-state index contributed by atoms with van der Waals surface area (Å²) < 4.78 is 41.5. The zero-order valence-electron chi connectivity index (χ0n) is 11.0. The SMILES string of the molecule is COC[C@@]1(C(=O)O)[C@@H](c2ccc(F)cc2)[C@@H]1S(C)(=O)=O. The van der Waals surface area contributed by atoms with E-state index in [0.717, 1.165) is 6.26 Å². The fraction of sp³-hybridized carbons (Fsp3) is 0.462. The average molecular weight is 302 g/mol. The van der Waals surface area contributed by atoms with Crippen molar-refractivity contribution in [2.24, 2.45) is 5.41 Å². The molecule has 1 aromatic carbocycles. The first-order valence-corrected chi connectivity index (χ1v) is 7.87. The van der Waals surface area contributed by atoms with E-state index in [0.29, 0.717) is 5.56 Å². The summed E-state index contributed by atoms with van der Waals surface area (Å²) in [7, 11) is -2.24. The van der Waals surface area contributed by atoms with Crippen molar-refractivity contribution in [3.8, 4) is 0 Å². The maximum atomic E-state index is 12.9. The van der Waals surface area contributed by atoms with E-state index in [4.69, 9.17) is 4.74 Å². The maximum Gasteiger partial charge on any atom is 0.314 e. The van der Waals surface area contributed by atoms with Gasteiger partial charge >= 0.3 is 5.97 Å². The first-order valence-electron chi connectivity index (χ1n) is 5.92. The van der Waals surface area contributed by atoms with E-state index in [2.05, 4.69) is 0 Å². The molecule has 0 saturated heterocycles. The second-order valence-electron chi connectivity index (χ2n) is 5.06. The summed E-state index contributed by atoms with van der Waals surface area (Å²) in [6.07, 6.45) is 1.01. The standard InChI is InChI=1S/C13H15FO5S/c1-19-7-13(12(15)16)10(11(13)20(2,17)18)8-3-5-9(14)6-4-8/h3-6,10-11H,7H2,1-2H3,(H,15,16)/t10-,11-,13+/m0/s1. The number of rotatable bonds is 5. The molecule has 0 amide bonds. The third kappa shape index (κ3) is 2.20. The Labute approximate surface area is 116 Å². The zero-order chi connectivity index (χ0) is 15.1. The number of sulfone groups is 1. The van der Waals surface area contributed by atoms with Crippen LogP contribution in [0.1, 0.15) is 11.5 Å². The van der Waals surface area contributed by atoms with Crippen LogP contribution >= 0.6 is 0 Å². The molecule has 0 bridgehead atoms. The van der Waals surface area contributed by atoms with Crippen molar-refractivity contribution in [2.45, 2.75) is 11.2 Å². The number of halogens is 1. The fourth-order valence-corrected chi connectivity index (χ4v) is 4.80. The second kappa shape index (κ2) is 4.82. The van der Waals surface area contributed by atoms with Gasteiger partial charge in [0.05, 0.1) is 11.9 Å². The molecule has 0 heterocycles. The lowest BCUT2D eigenvalue weighted by atomic mass is 10.00. The van der Waals surface area contributed by atoms with Crippen molar-refractivity contribution in [1.29, 1.82) is 0 Å². The molecule has 110 valence electrons. The smallest absolute Gasteiger partial charge is 0.314 e. The van der Waals surface area contributed by atoms with Crippen molar-refractivity contribution >= 4 is 15.8 Å². The summed E-state index contributed by atoms with van der Waals surface area (Å²) in [5, 5.41) is 8.38. The number of methoxy groups -OCH3 is 1. The number of carboxylic acid groups (broad SMARTS) is 1. The van der Waals surface area contributed by atoms with Gasteiger partial charge in [0.2, 0.25) is 0 Å². The summed E-state index contributed by atoms with van der Waals surface area (Å²) in [5.41, 5.74) is -1.01. The molecule has 20 heavy (non-hydrogen) atoms. The maximum absolute atomic E-state index is 12.9. The first-order chi connectivity index (χ1) is 9.25. The second-order valence-corrected chi connectivity index (χ2v) is 7.22. The number of carboxylic acids is 1. The number of benzene rings is 1.